The maximum absolute atomic E-state index is 15.0. The predicted octanol–water partition coefficient (Wildman–Crippen LogP) is 3.95. The lowest BCUT2D eigenvalue weighted by Crippen LogP contribution is -2.05. The highest BCUT2D eigenvalue weighted by Gasteiger charge is 2.18. The van der Waals surface area contributed by atoms with Gasteiger partial charge in [-0.1, -0.05) is 23.7 Å². The van der Waals surface area contributed by atoms with Gasteiger partial charge in [-0.05, 0) is 23.6 Å². The number of phenolic OH excluding ortho intramolecular Hbond substituents is 1. The number of rotatable bonds is 1. The Balaban J connectivity index is 2.14. The molecule has 0 aliphatic rings. The molecule has 4 rings (SSSR count). The number of benzene rings is 2. The molecular weight excluding hydrogens is 347 g/mol. The molecule has 7 heteroatoms. The van der Waals surface area contributed by atoms with Gasteiger partial charge < -0.3 is 15.2 Å². The molecule has 124 valence electrons. The molecule has 5 nitrogen and oxygen atoms in total. The summed E-state index contributed by atoms with van der Waals surface area (Å²) in [5.74, 6) is -1.26. The summed E-state index contributed by atoms with van der Waals surface area (Å²) >= 11 is 6.26. The SMILES string of the molecule is O=c1cc(O)c2cnc(-c3cc(O)cc4cccc(Cl)c34)c(F)c2[nH]1. The number of halogens is 2. The lowest BCUT2D eigenvalue weighted by Gasteiger charge is -2.11. The van der Waals surface area contributed by atoms with E-state index in [1.54, 1.807) is 18.2 Å². The number of aromatic nitrogens is 2. The summed E-state index contributed by atoms with van der Waals surface area (Å²) in [5, 5.41) is 21.4. The van der Waals surface area contributed by atoms with Crippen molar-refractivity contribution in [1.29, 1.82) is 0 Å². The number of phenols is 1. The van der Waals surface area contributed by atoms with E-state index in [0.29, 0.717) is 15.8 Å². The summed E-state index contributed by atoms with van der Waals surface area (Å²) < 4.78 is 15.0. The smallest absolute Gasteiger partial charge is 0.252 e. The van der Waals surface area contributed by atoms with Crippen LogP contribution < -0.4 is 5.56 Å². The van der Waals surface area contributed by atoms with Crippen LogP contribution in [0.25, 0.3) is 32.9 Å². The molecule has 0 unspecified atom stereocenters. The van der Waals surface area contributed by atoms with Crippen LogP contribution in [0.3, 0.4) is 0 Å². The predicted molar refractivity (Wildman–Crippen MR) is 93.6 cm³/mol. The van der Waals surface area contributed by atoms with Gasteiger partial charge in [-0.25, -0.2) is 4.39 Å². The molecule has 3 N–H and O–H groups in total. The van der Waals surface area contributed by atoms with Crippen LogP contribution in [0.2, 0.25) is 5.02 Å². The van der Waals surface area contributed by atoms with E-state index in [1.807, 2.05) is 0 Å². The molecule has 2 heterocycles. The lowest BCUT2D eigenvalue weighted by atomic mass is 10.00. The van der Waals surface area contributed by atoms with Crippen LogP contribution in [0, 0.1) is 5.82 Å². The molecule has 2 aromatic carbocycles. The molecule has 0 aliphatic heterocycles. The molecular formula is C18H10ClFN2O3. The summed E-state index contributed by atoms with van der Waals surface area (Å²) in [6, 6.07) is 8.91. The minimum absolute atomic E-state index is 0.0736. The Morgan fingerprint density at radius 2 is 1.96 bits per heavy atom. The number of aromatic amines is 1. The van der Waals surface area contributed by atoms with E-state index in [-0.39, 0.29) is 33.7 Å². The van der Waals surface area contributed by atoms with Gasteiger partial charge in [0.05, 0.1) is 10.9 Å². The normalized spacial score (nSPS) is 11.3. The van der Waals surface area contributed by atoms with E-state index in [0.717, 1.165) is 6.07 Å². The average Bonchev–Trinajstić information content (AvgIpc) is 2.55. The lowest BCUT2D eigenvalue weighted by molar-refractivity contribution is 0.476. The molecule has 25 heavy (non-hydrogen) atoms. The van der Waals surface area contributed by atoms with E-state index in [2.05, 4.69) is 9.97 Å². The quantitative estimate of drug-likeness (QED) is 0.482. The highest BCUT2D eigenvalue weighted by Crippen LogP contribution is 2.38. The van der Waals surface area contributed by atoms with Crippen LogP contribution in [-0.4, -0.2) is 20.2 Å². The summed E-state index contributed by atoms with van der Waals surface area (Å²) in [6.45, 7) is 0. The van der Waals surface area contributed by atoms with Crippen molar-refractivity contribution < 1.29 is 14.6 Å². The Bertz CT molecular complexity index is 1220. The highest BCUT2D eigenvalue weighted by atomic mass is 35.5. The Hall–Kier alpha value is -3.12. The fourth-order valence-corrected chi connectivity index (χ4v) is 3.19. The summed E-state index contributed by atoms with van der Waals surface area (Å²) in [6.07, 6.45) is 1.26. The Morgan fingerprint density at radius 1 is 1.16 bits per heavy atom. The van der Waals surface area contributed by atoms with Gasteiger partial charge in [0, 0.05) is 28.2 Å². The standard InChI is InChI=1S/C18H10ClFN2O3/c19-12-3-1-2-8-4-9(23)5-10(15(8)12)17-16(20)18-11(7-21-17)13(24)6-14(25)22-18/h1-7,23H,(H2,22,24,25). The second kappa shape index (κ2) is 5.46. The molecule has 0 saturated heterocycles. The topological polar surface area (TPSA) is 86.2 Å². The number of aromatic hydroxyl groups is 2. The summed E-state index contributed by atoms with van der Waals surface area (Å²) in [4.78, 5) is 18.0. The summed E-state index contributed by atoms with van der Waals surface area (Å²) in [7, 11) is 0. The number of hydrogen-bond acceptors (Lipinski definition) is 4. The van der Waals surface area contributed by atoms with E-state index in [4.69, 9.17) is 11.6 Å². The van der Waals surface area contributed by atoms with Crippen molar-refractivity contribution in [3.05, 3.63) is 63.8 Å². The fourth-order valence-electron chi connectivity index (χ4n) is 2.91. The Labute approximate surface area is 145 Å². The molecule has 0 atom stereocenters. The second-order valence-corrected chi connectivity index (χ2v) is 5.97. The minimum atomic E-state index is -0.822. The maximum Gasteiger partial charge on any atom is 0.252 e. The van der Waals surface area contributed by atoms with Crippen molar-refractivity contribution in [3.63, 3.8) is 0 Å². The fraction of sp³-hybridized carbons (Fsp3) is 0. The van der Waals surface area contributed by atoms with Crippen molar-refractivity contribution in [2.75, 3.05) is 0 Å². The number of fused-ring (bicyclic) bond motifs is 2. The first-order valence-electron chi connectivity index (χ1n) is 7.28. The maximum atomic E-state index is 15.0. The van der Waals surface area contributed by atoms with Crippen LogP contribution in [0.1, 0.15) is 0 Å². The van der Waals surface area contributed by atoms with Gasteiger partial charge in [0.1, 0.15) is 17.2 Å². The first-order chi connectivity index (χ1) is 12.0. The van der Waals surface area contributed by atoms with Crippen molar-refractivity contribution in [1.82, 2.24) is 9.97 Å². The number of nitrogens with zero attached hydrogens (tertiary/aromatic N) is 1. The number of pyridine rings is 2. The molecule has 0 fully saturated rings. The van der Waals surface area contributed by atoms with Crippen molar-refractivity contribution in [2.24, 2.45) is 0 Å². The van der Waals surface area contributed by atoms with Crippen LogP contribution >= 0.6 is 11.6 Å². The van der Waals surface area contributed by atoms with E-state index < -0.39 is 11.4 Å². The van der Waals surface area contributed by atoms with Crippen LogP contribution in [-0.2, 0) is 0 Å². The molecule has 0 radical (unpaired) electrons. The van der Waals surface area contributed by atoms with Crippen LogP contribution in [0.4, 0.5) is 4.39 Å². The largest absolute Gasteiger partial charge is 0.508 e. The first-order valence-corrected chi connectivity index (χ1v) is 7.65. The van der Waals surface area contributed by atoms with E-state index in [1.165, 1.54) is 18.3 Å². The molecule has 0 spiro atoms. The Morgan fingerprint density at radius 3 is 2.76 bits per heavy atom. The first kappa shape index (κ1) is 15.4. The van der Waals surface area contributed by atoms with Gasteiger partial charge in [0.25, 0.3) is 5.56 Å². The monoisotopic (exact) mass is 356 g/mol. The molecule has 0 saturated carbocycles. The molecule has 0 aliphatic carbocycles. The van der Waals surface area contributed by atoms with Crippen molar-refractivity contribution >= 4 is 33.3 Å². The average molecular weight is 357 g/mol. The van der Waals surface area contributed by atoms with E-state index >= 15 is 4.39 Å². The van der Waals surface area contributed by atoms with Crippen molar-refractivity contribution in [3.8, 4) is 22.8 Å². The Kier molecular flexibility index (Phi) is 3.36. The number of hydrogen-bond donors (Lipinski definition) is 3. The van der Waals surface area contributed by atoms with Gasteiger partial charge >= 0.3 is 0 Å². The van der Waals surface area contributed by atoms with Crippen LogP contribution in [0.5, 0.6) is 11.5 Å². The summed E-state index contributed by atoms with van der Waals surface area (Å²) in [5.41, 5.74) is -0.620. The van der Waals surface area contributed by atoms with Gasteiger partial charge in [0.15, 0.2) is 5.82 Å². The zero-order valence-electron chi connectivity index (χ0n) is 12.5. The zero-order valence-corrected chi connectivity index (χ0v) is 13.3. The zero-order chi connectivity index (χ0) is 17.7. The van der Waals surface area contributed by atoms with Gasteiger partial charge in [0.2, 0.25) is 0 Å². The van der Waals surface area contributed by atoms with Gasteiger partial charge in [-0.3, -0.25) is 9.78 Å². The van der Waals surface area contributed by atoms with E-state index in [9.17, 15) is 15.0 Å². The van der Waals surface area contributed by atoms with Crippen molar-refractivity contribution in [2.45, 2.75) is 0 Å². The van der Waals surface area contributed by atoms with Gasteiger partial charge in [-0.2, -0.15) is 0 Å². The molecule has 2 aromatic heterocycles. The number of H-pyrrole nitrogens is 1. The molecule has 4 aromatic rings. The minimum Gasteiger partial charge on any atom is -0.508 e. The number of nitrogens with one attached hydrogen (secondary N) is 1. The third kappa shape index (κ3) is 2.38. The van der Waals surface area contributed by atoms with Crippen LogP contribution in [0.15, 0.2) is 47.4 Å². The third-order valence-electron chi connectivity index (χ3n) is 3.98. The second-order valence-electron chi connectivity index (χ2n) is 5.56. The highest BCUT2D eigenvalue weighted by molar-refractivity contribution is 6.36. The molecule has 0 bridgehead atoms. The molecule has 0 amide bonds. The van der Waals surface area contributed by atoms with Gasteiger partial charge in [-0.15, -0.1) is 0 Å². The third-order valence-corrected chi connectivity index (χ3v) is 4.29.